The molecule has 3 aromatic carbocycles. The lowest BCUT2D eigenvalue weighted by Crippen LogP contribution is -2.25. The summed E-state index contributed by atoms with van der Waals surface area (Å²) in [7, 11) is 0. The number of hydrogen-bond donors (Lipinski definition) is 2. The lowest BCUT2D eigenvalue weighted by molar-refractivity contribution is 0.0950. The number of rotatable bonds is 6. The minimum Gasteiger partial charge on any atom is -0.348 e. The molecular formula is C23H21ClN2O2. The molecule has 28 heavy (non-hydrogen) atoms. The van der Waals surface area contributed by atoms with E-state index in [4.69, 9.17) is 11.6 Å². The van der Waals surface area contributed by atoms with E-state index in [1.807, 2.05) is 43.3 Å². The molecule has 2 N–H and O–H groups in total. The highest BCUT2D eigenvalue weighted by Gasteiger charge is 2.10. The smallest absolute Gasteiger partial charge is 0.251 e. The van der Waals surface area contributed by atoms with Crippen LogP contribution in [0.1, 0.15) is 37.4 Å². The zero-order valence-electron chi connectivity index (χ0n) is 15.5. The van der Waals surface area contributed by atoms with Crippen LogP contribution in [0.4, 0.5) is 0 Å². The molecule has 0 saturated heterocycles. The monoisotopic (exact) mass is 392 g/mol. The topological polar surface area (TPSA) is 58.2 Å². The maximum absolute atomic E-state index is 12.4. The Hall–Kier alpha value is -3.11. The predicted molar refractivity (Wildman–Crippen MR) is 111 cm³/mol. The predicted octanol–water partition coefficient (Wildman–Crippen LogP) is 4.51. The number of benzene rings is 3. The maximum atomic E-state index is 12.4. The second kappa shape index (κ2) is 9.20. The Morgan fingerprint density at radius 2 is 1.21 bits per heavy atom. The number of carbonyl (C=O) groups excluding carboxylic acids is 2. The van der Waals surface area contributed by atoms with E-state index in [-0.39, 0.29) is 11.8 Å². The highest BCUT2D eigenvalue weighted by Crippen LogP contribution is 2.10. The molecule has 0 aliphatic heterocycles. The van der Waals surface area contributed by atoms with E-state index in [2.05, 4.69) is 10.6 Å². The van der Waals surface area contributed by atoms with Gasteiger partial charge in [0.25, 0.3) is 11.8 Å². The minimum absolute atomic E-state index is 0.215. The van der Waals surface area contributed by atoms with E-state index in [0.29, 0.717) is 29.2 Å². The molecule has 4 nitrogen and oxygen atoms in total. The van der Waals surface area contributed by atoms with Gasteiger partial charge in [-0.25, -0.2) is 0 Å². The van der Waals surface area contributed by atoms with Gasteiger partial charge in [0.2, 0.25) is 0 Å². The summed E-state index contributed by atoms with van der Waals surface area (Å²) in [5.74, 6) is -0.448. The van der Waals surface area contributed by atoms with E-state index in [1.165, 1.54) is 5.56 Å². The average molecular weight is 393 g/mol. The van der Waals surface area contributed by atoms with Crippen LogP contribution in [0.25, 0.3) is 0 Å². The molecule has 0 bridgehead atoms. The first-order chi connectivity index (χ1) is 13.5. The summed E-state index contributed by atoms with van der Waals surface area (Å²) < 4.78 is 0. The fourth-order valence-electron chi connectivity index (χ4n) is 2.68. The van der Waals surface area contributed by atoms with Crippen molar-refractivity contribution in [3.05, 3.63) is 106 Å². The van der Waals surface area contributed by atoms with Gasteiger partial charge in [-0.05, 0) is 48.4 Å². The fourth-order valence-corrected chi connectivity index (χ4v) is 2.80. The number of amides is 2. The van der Waals surface area contributed by atoms with Crippen LogP contribution in [0.5, 0.6) is 0 Å². The first-order valence-corrected chi connectivity index (χ1v) is 9.35. The van der Waals surface area contributed by atoms with Crippen molar-refractivity contribution in [1.29, 1.82) is 0 Å². The van der Waals surface area contributed by atoms with Crippen molar-refractivity contribution >= 4 is 23.4 Å². The van der Waals surface area contributed by atoms with Crippen LogP contribution >= 0.6 is 11.6 Å². The minimum atomic E-state index is -0.233. The van der Waals surface area contributed by atoms with E-state index in [1.54, 1.807) is 36.4 Å². The van der Waals surface area contributed by atoms with Crippen LogP contribution in [0, 0.1) is 6.92 Å². The molecule has 3 aromatic rings. The summed E-state index contributed by atoms with van der Waals surface area (Å²) in [5, 5.41) is 6.38. The third-order valence-electron chi connectivity index (χ3n) is 4.33. The first-order valence-electron chi connectivity index (χ1n) is 8.98. The molecule has 142 valence electrons. The van der Waals surface area contributed by atoms with E-state index in [9.17, 15) is 9.59 Å². The Morgan fingerprint density at radius 3 is 1.71 bits per heavy atom. The molecule has 0 heterocycles. The molecule has 0 saturated carbocycles. The molecule has 0 aromatic heterocycles. The molecule has 0 radical (unpaired) electrons. The Kier molecular flexibility index (Phi) is 6.45. The second-order valence-electron chi connectivity index (χ2n) is 6.56. The van der Waals surface area contributed by atoms with Gasteiger partial charge >= 0.3 is 0 Å². The number of hydrogen-bond acceptors (Lipinski definition) is 2. The van der Waals surface area contributed by atoms with Gasteiger partial charge in [-0.3, -0.25) is 9.59 Å². The van der Waals surface area contributed by atoms with Gasteiger partial charge in [-0.15, -0.1) is 0 Å². The van der Waals surface area contributed by atoms with Gasteiger partial charge in [-0.1, -0.05) is 59.6 Å². The quantitative estimate of drug-likeness (QED) is 0.648. The fraction of sp³-hybridized carbons (Fsp3) is 0.130. The SMILES string of the molecule is Cc1ccc(CNC(=O)c2cccc(C(=O)NCc3ccc(Cl)cc3)c2)cc1. The van der Waals surface area contributed by atoms with E-state index in [0.717, 1.165) is 11.1 Å². The third kappa shape index (κ3) is 5.44. The third-order valence-corrected chi connectivity index (χ3v) is 4.58. The van der Waals surface area contributed by atoms with Crippen LogP contribution in [0.15, 0.2) is 72.8 Å². The van der Waals surface area contributed by atoms with Crippen molar-refractivity contribution in [2.75, 3.05) is 0 Å². The zero-order chi connectivity index (χ0) is 19.9. The van der Waals surface area contributed by atoms with Crippen LogP contribution < -0.4 is 10.6 Å². The van der Waals surface area contributed by atoms with Gasteiger partial charge in [0.1, 0.15) is 0 Å². The average Bonchev–Trinajstić information content (AvgIpc) is 2.72. The molecule has 2 amide bonds. The Balaban J connectivity index is 1.58. The lowest BCUT2D eigenvalue weighted by atomic mass is 10.1. The molecule has 0 fully saturated rings. The zero-order valence-corrected chi connectivity index (χ0v) is 16.3. The van der Waals surface area contributed by atoms with Crippen molar-refractivity contribution in [2.24, 2.45) is 0 Å². The van der Waals surface area contributed by atoms with Gasteiger partial charge < -0.3 is 10.6 Å². The molecule has 0 atom stereocenters. The number of nitrogens with one attached hydrogen (secondary N) is 2. The van der Waals surface area contributed by atoms with Gasteiger partial charge in [-0.2, -0.15) is 0 Å². The van der Waals surface area contributed by atoms with Crippen LogP contribution in [-0.4, -0.2) is 11.8 Å². The number of carbonyl (C=O) groups is 2. The second-order valence-corrected chi connectivity index (χ2v) is 6.99. The Labute approximate surface area is 169 Å². The normalized spacial score (nSPS) is 10.4. The van der Waals surface area contributed by atoms with E-state index < -0.39 is 0 Å². The summed E-state index contributed by atoms with van der Waals surface area (Å²) in [6, 6.07) is 21.9. The van der Waals surface area contributed by atoms with Crippen molar-refractivity contribution < 1.29 is 9.59 Å². The largest absolute Gasteiger partial charge is 0.348 e. The van der Waals surface area contributed by atoms with Crippen LogP contribution in [-0.2, 0) is 13.1 Å². The summed E-state index contributed by atoms with van der Waals surface area (Å²) in [5.41, 5.74) is 4.04. The Morgan fingerprint density at radius 1 is 0.750 bits per heavy atom. The highest BCUT2D eigenvalue weighted by atomic mass is 35.5. The first kappa shape index (κ1) is 19.6. The van der Waals surface area contributed by atoms with Crippen LogP contribution in [0.2, 0.25) is 5.02 Å². The molecule has 0 unspecified atom stereocenters. The van der Waals surface area contributed by atoms with Gasteiger partial charge in [0, 0.05) is 29.2 Å². The molecule has 3 rings (SSSR count). The Bertz CT molecular complexity index is 890. The molecular weight excluding hydrogens is 372 g/mol. The molecule has 0 aliphatic carbocycles. The molecule has 0 aliphatic rings. The molecule has 0 spiro atoms. The molecule has 5 heteroatoms. The highest BCUT2D eigenvalue weighted by molar-refractivity contribution is 6.30. The van der Waals surface area contributed by atoms with Gasteiger partial charge in [0.05, 0.1) is 0 Å². The van der Waals surface area contributed by atoms with Crippen molar-refractivity contribution in [3.63, 3.8) is 0 Å². The lowest BCUT2D eigenvalue weighted by Gasteiger charge is -2.09. The van der Waals surface area contributed by atoms with Gasteiger partial charge in [0.15, 0.2) is 0 Å². The van der Waals surface area contributed by atoms with E-state index >= 15 is 0 Å². The standard InChI is InChI=1S/C23H21ClN2O2/c1-16-5-7-17(8-6-16)14-25-22(27)19-3-2-4-20(13-19)23(28)26-15-18-9-11-21(24)12-10-18/h2-13H,14-15H2,1H3,(H,25,27)(H,26,28). The van der Waals surface area contributed by atoms with Crippen molar-refractivity contribution in [2.45, 2.75) is 20.0 Å². The van der Waals surface area contributed by atoms with Crippen molar-refractivity contribution in [3.8, 4) is 0 Å². The summed E-state index contributed by atoms with van der Waals surface area (Å²) >= 11 is 5.86. The summed E-state index contributed by atoms with van der Waals surface area (Å²) in [4.78, 5) is 24.8. The summed E-state index contributed by atoms with van der Waals surface area (Å²) in [6.45, 7) is 2.85. The van der Waals surface area contributed by atoms with Crippen molar-refractivity contribution in [1.82, 2.24) is 10.6 Å². The summed E-state index contributed by atoms with van der Waals surface area (Å²) in [6.07, 6.45) is 0. The number of aryl methyl sites for hydroxylation is 1. The van der Waals surface area contributed by atoms with Crippen LogP contribution in [0.3, 0.4) is 0 Å². The number of halogens is 1. The maximum Gasteiger partial charge on any atom is 0.251 e.